The van der Waals surface area contributed by atoms with E-state index in [4.69, 9.17) is 5.41 Å². The molecule has 2 heterocycles. The highest BCUT2D eigenvalue weighted by molar-refractivity contribution is 5.92. The van der Waals surface area contributed by atoms with E-state index in [1.165, 1.54) is 12.1 Å². The van der Waals surface area contributed by atoms with Gasteiger partial charge in [0.1, 0.15) is 22.8 Å². The molecule has 0 aliphatic carbocycles. The van der Waals surface area contributed by atoms with Gasteiger partial charge in [-0.3, -0.25) is 9.98 Å². The molecule has 2 N–H and O–H groups in total. The first-order chi connectivity index (χ1) is 11.6. The Balaban J connectivity index is 2.03. The van der Waals surface area contributed by atoms with Crippen LogP contribution in [0.2, 0.25) is 0 Å². The molecule has 4 rings (SSSR count). The van der Waals surface area contributed by atoms with Crippen LogP contribution in [0.25, 0.3) is 27.8 Å². The fraction of sp³-hybridized carbons (Fsp3) is 0.0526. The summed E-state index contributed by atoms with van der Waals surface area (Å²) in [5.74, 6) is 0.366. The Hall–Kier alpha value is -3.21. The third-order valence-corrected chi connectivity index (χ3v) is 4.09. The Bertz CT molecular complexity index is 1080. The Morgan fingerprint density at radius 1 is 1.04 bits per heavy atom. The second-order valence-electron chi connectivity index (χ2n) is 5.61. The van der Waals surface area contributed by atoms with Crippen LogP contribution in [-0.4, -0.2) is 14.5 Å². The van der Waals surface area contributed by atoms with Gasteiger partial charge in [0.2, 0.25) is 0 Å². The largest absolute Gasteiger partial charge is 0.345 e. The molecule has 0 atom stereocenters. The third-order valence-electron chi connectivity index (χ3n) is 4.09. The minimum Gasteiger partial charge on any atom is -0.345 e. The second-order valence-corrected chi connectivity index (χ2v) is 5.61. The summed E-state index contributed by atoms with van der Waals surface area (Å²) < 4.78 is 14.9. The third kappa shape index (κ3) is 2.22. The minimum atomic E-state index is -0.302. The molecule has 0 amide bonds. The number of aromatic amines is 1. The molecule has 4 nitrogen and oxygen atoms in total. The van der Waals surface area contributed by atoms with Crippen molar-refractivity contribution in [3.8, 4) is 16.8 Å². The van der Waals surface area contributed by atoms with Crippen LogP contribution in [0, 0.1) is 18.2 Å². The van der Waals surface area contributed by atoms with Crippen LogP contribution < -0.4 is 5.49 Å². The molecule has 0 unspecified atom stereocenters. The Morgan fingerprint density at radius 2 is 1.75 bits per heavy atom. The van der Waals surface area contributed by atoms with Crippen LogP contribution in [0.4, 0.5) is 4.39 Å². The lowest BCUT2D eigenvalue weighted by Gasteiger charge is -2.11. The smallest absolute Gasteiger partial charge is 0.143 e. The van der Waals surface area contributed by atoms with Crippen LogP contribution >= 0.6 is 0 Å². The maximum absolute atomic E-state index is 13.2. The van der Waals surface area contributed by atoms with Gasteiger partial charge in [0.15, 0.2) is 0 Å². The number of hydrogen-bond acceptors (Lipinski definition) is 2. The molecule has 4 aromatic rings. The first-order valence-electron chi connectivity index (χ1n) is 7.62. The zero-order valence-electron chi connectivity index (χ0n) is 13.0. The van der Waals surface area contributed by atoms with E-state index < -0.39 is 0 Å². The molecule has 0 aliphatic rings. The monoisotopic (exact) mass is 318 g/mol. The number of H-pyrrole nitrogens is 1. The summed E-state index contributed by atoms with van der Waals surface area (Å²) in [6.07, 6.45) is 1.87. The lowest BCUT2D eigenvalue weighted by atomic mass is 10.1. The summed E-state index contributed by atoms with van der Waals surface area (Å²) in [6.45, 7) is 1.84. The zero-order chi connectivity index (χ0) is 16.7. The van der Waals surface area contributed by atoms with Gasteiger partial charge in [-0.05, 0) is 36.8 Å². The van der Waals surface area contributed by atoms with Crippen molar-refractivity contribution in [1.29, 1.82) is 5.41 Å². The number of benzene rings is 2. The van der Waals surface area contributed by atoms with Gasteiger partial charge in [0.25, 0.3) is 0 Å². The summed E-state index contributed by atoms with van der Waals surface area (Å²) in [4.78, 5) is 7.73. The van der Waals surface area contributed by atoms with E-state index in [9.17, 15) is 4.39 Å². The van der Waals surface area contributed by atoms with Crippen LogP contribution in [0.3, 0.4) is 0 Å². The lowest BCUT2D eigenvalue weighted by Crippen LogP contribution is -2.22. The number of halogens is 1. The van der Waals surface area contributed by atoms with Gasteiger partial charge >= 0.3 is 0 Å². The fourth-order valence-electron chi connectivity index (χ4n) is 2.98. The molecule has 24 heavy (non-hydrogen) atoms. The SMILES string of the molecule is Cc1nc2[nH]cc(-c3ccccc3)c2c(=N)n1-c1ccc(F)cc1. The second kappa shape index (κ2) is 5.45. The van der Waals surface area contributed by atoms with Gasteiger partial charge in [-0.2, -0.15) is 0 Å². The first kappa shape index (κ1) is 14.4. The molecule has 5 heteroatoms. The number of hydrogen-bond donors (Lipinski definition) is 2. The summed E-state index contributed by atoms with van der Waals surface area (Å²) in [5, 5.41) is 9.43. The first-order valence-corrected chi connectivity index (χ1v) is 7.62. The number of aromatic nitrogens is 3. The van der Waals surface area contributed by atoms with E-state index in [1.54, 1.807) is 16.7 Å². The number of fused-ring (bicyclic) bond motifs is 1. The molecule has 0 aliphatic heterocycles. The molecule has 0 saturated heterocycles. The van der Waals surface area contributed by atoms with Crippen molar-refractivity contribution in [3.63, 3.8) is 0 Å². The Labute approximate surface area is 137 Å². The average Bonchev–Trinajstić information content (AvgIpc) is 3.01. The molecule has 118 valence electrons. The number of nitrogens with zero attached hydrogens (tertiary/aromatic N) is 2. The van der Waals surface area contributed by atoms with Crippen molar-refractivity contribution in [1.82, 2.24) is 14.5 Å². The topological polar surface area (TPSA) is 57.5 Å². The van der Waals surface area contributed by atoms with Crippen LogP contribution in [0.5, 0.6) is 0 Å². The fourth-order valence-corrected chi connectivity index (χ4v) is 2.98. The summed E-state index contributed by atoms with van der Waals surface area (Å²) in [7, 11) is 0. The molecule has 2 aromatic heterocycles. The van der Waals surface area contributed by atoms with Crippen molar-refractivity contribution in [2.24, 2.45) is 0 Å². The highest BCUT2D eigenvalue weighted by atomic mass is 19.1. The number of rotatable bonds is 2. The molecule has 0 fully saturated rings. The van der Waals surface area contributed by atoms with Gasteiger partial charge in [-0.15, -0.1) is 0 Å². The quantitative estimate of drug-likeness (QED) is 0.578. The Kier molecular flexibility index (Phi) is 3.27. The average molecular weight is 318 g/mol. The molecule has 0 spiro atoms. The van der Waals surface area contributed by atoms with E-state index in [0.717, 1.165) is 16.5 Å². The molecular weight excluding hydrogens is 303 g/mol. The minimum absolute atomic E-state index is 0.302. The van der Waals surface area contributed by atoms with Gasteiger partial charge in [0, 0.05) is 17.4 Å². The maximum Gasteiger partial charge on any atom is 0.143 e. The van der Waals surface area contributed by atoms with Gasteiger partial charge in [0.05, 0.1) is 5.39 Å². The van der Waals surface area contributed by atoms with Crippen molar-refractivity contribution >= 4 is 11.0 Å². The molecule has 2 aromatic carbocycles. The highest BCUT2D eigenvalue weighted by Crippen LogP contribution is 2.25. The number of nitrogens with one attached hydrogen (secondary N) is 2. The van der Waals surface area contributed by atoms with E-state index in [2.05, 4.69) is 9.97 Å². The standard InChI is InChI=1S/C19H15FN4/c1-12-23-19-17(16(11-22-19)13-5-3-2-4-6-13)18(21)24(12)15-9-7-14(20)8-10-15/h2-11,21-22H,1H3. The summed E-state index contributed by atoms with van der Waals surface area (Å²) in [5.41, 5.74) is 3.67. The zero-order valence-corrected chi connectivity index (χ0v) is 13.0. The highest BCUT2D eigenvalue weighted by Gasteiger charge is 2.13. The Morgan fingerprint density at radius 3 is 2.46 bits per heavy atom. The molecule has 0 radical (unpaired) electrons. The molecular formula is C19H15FN4. The van der Waals surface area contributed by atoms with Crippen LogP contribution in [0.1, 0.15) is 5.82 Å². The van der Waals surface area contributed by atoms with Gasteiger partial charge in [-0.1, -0.05) is 30.3 Å². The normalized spacial score (nSPS) is 11.1. The van der Waals surface area contributed by atoms with Crippen molar-refractivity contribution < 1.29 is 4.39 Å². The van der Waals surface area contributed by atoms with Gasteiger partial charge in [-0.25, -0.2) is 9.37 Å². The maximum atomic E-state index is 13.2. The van der Waals surface area contributed by atoms with Crippen molar-refractivity contribution in [2.75, 3.05) is 0 Å². The van der Waals surface area contributed by atoms with Crippen LogP contribution in [-0.2, 0) is 0 Å². The van der Waals surface area contributed by atoms with E-state index in [-0.39, 0.29) is 5.82 Å². The lowest BCUT2D eigenvalue weighted by molar-refractivity contribution is 0.627. The van der Waals surface area contributed by atoms with E-state index in [1.807, 2.05) is 43.5 Å². The summed E-state index contributed by atoms with van der Waals surface area (Å²) >= 11 is 0. The summed E-state index contributed by atoms with van der Waals surface area (Å²) in [6, 6.07) is 16.0. The van der Waals surface area contributed by atoms with Gasteiger partial charge < -0.3 is 4.98 Å². The number of aryl methyl sites for hydroxylation is 1. The predicted octanol–water partition coefficient (Wildman–Crippen LogP) is 3.95. The molecule has 0 bridgehead atoms. The van der Waals surface area contributed by atoms with Crippen molar-refractivity contribution in [2.45, 2.75) is 6.92 Å². The molecule has 0 saturated carbocycles. The predicted molar refractivity (Wildman–Crippen MR) is 91.4 cm³/mol. The van der Waals surface area contributed by atoms with E-state index in [0.29, 0.717) is 22.6 Å². The van der Waals surface area contributed by atoms with E-state index >= 15 is 0 Å². The van der Waals surface area contributed by atoms with Crippen LogP contribution in [0.15, 0.2) is 60.8 Å². The van der Waals surface area contributed by atoms with Crippen molar-refractivity contribution in [3.05, 3.63) is 77.9 Å².